The van der Waals surface area contributed by atoms with Crippen molar-refractivity contribution in [1.82, 2.24) is 4.98 Å². The molecule has 1 aliphatic heterocycles. The van der Waals surface area contributed by atoms with Gasteiger partial charge in [-0.25, -0.2) is 4.99 Å². The molecule has 3 rings (SSSR count). The summed E-state index contributed by atoms with van der Waals surface area (Å²) in [6.07, 6.45) is 1.45. The maximum atomic E-state index is 12.2. The summed E-state index contributed by atoms with van der Waals surface area (Å²) in [6, 6.07) is 4.10. The molecule has 1 N–H and O–H groups in total. The summed E-state index contributed by atoms with van der Waals surface area (Å²) < 4.78 is 9.96. The number of esters is 2. The van der Waals surface area contributed by atoms with Gasteiger partial charge in [-0.2, -0.15) is 0 Å². The molecule has 0 radical (unpaired) electrons. The van der Waals surface area contributed by atoms with Crippen molar-refractivity contribution in [3.63, 3.8) is 0 Å². The van der Waals surface area contributed by atoms with Gasteiger partial charge in [0.2, 0.25) is 0 Å². The number of hydrogen-bond donors (Lipinski definition) is 1. The molecule has 9 heteroatoms. The van der Waals surface area contributed by atoms with Crippen LogP contribution in [0.2, 0.25) is 39.3 Å². The molecule has 2 aromatic heterocycles. The minimum atomic E-state index is -1.66. The second-order valence-corrected chi connectivity index (χ2v) is 22.8. The van der Waals surface area contributed by atoms with Crippen LogP contribution in [-0.4, -0.2) is 53.0 Å². The number of ether oxygens (including phenoxy) is 2. The average Bonchev–Trinajstić information content (AvgIpc) is 3.62. The van der Waals surface area contributed by atoms with Gasteiger partial charge in [0.1, 0.15) is 21.9 Å². The van der Waals surface area contributed by atoms with E-state index in [9.17, 15) is 9.59 Å². The normalized spacial score (nSPS) is 14.5. The van der Waals surface area contributed by atoms with Crippen LogP contribution < -0.4 is 0 Å². The van der Waals surface area contributed by atoms with Gasteiger partial charge >= 0.3 is 11.9 Å². The van der Waals surface area contributed by atoms with Crippen LogP contribution in [0.4, 0.5) is 0 Å². The fourth-order valence-electron chi connectivity index (χ4n) is 4.44. The molecule has 3 heterocycles. The van der Waals surface area contributed by atoms with Crippen LogP contribution in [0.3, 0.4) is 0 Å². The Labute approximate surface area is 256 Å². The van der Waals surface area contributed by atoms with Gasteiger partial charge in [0, 0.05) is 23.3 Å². The van der Waals surface area contributed by atoms with Gasteiger partial charge in [0.25, 0.3) is 0 Å². The molecule has 0 unspecified atom stereocenters. The topological polar surface area (TPSA) is 80.8 Å². The SMILES string of the molecule is COC(=O)CCC1=C(C)C(C#C[Si](C)(C)C)=N/C1=C(/c1cccs1)c1[nH]c(C#C[Si](C)(C)C)c(C)c1CCC(=O)OC. The predicted molar refractivity (Wildman–Crippen MR) is 179 cm³/mol. The van der Waals surface area contributed by atoms with E-state index >= 15 is 0 Å². The molecule has 0 saturated carbocycles. The number of aromatic nitrogens is 1. The zero-order valence-electron chi connectivity index (χ0n) is 26.5. The fourth-order valence-corrected chi connectivity index (χ4v) is 6.21. The van der Waals surface area contributed by atoms with E-state index in [1.165, 1.54) is 14.2 Å². The van der Waals surface area contributed by atoms with Gasteiger partial charge in [0.15, 0.2) is 0 Å². The van der Waals surface area contributed by atoms with Crippen molar-refractivity contribution in [1.29, 1.82) is 0 Å². The molecule has 0 saturated heterocycles. The third-order valence-electron chi connectivity index (χ3n) is 6.68. The van der Waals surface area contributed by atoms with Crippen LogP contribution in [0, 0.1) is 29.9 Å². The van der Waals surface area contributed by atoms with Crippen LogP contribution in [0.25, 0.3) is 5.57 Å². The molecule has 0 bridgehead atoms. The van der Waals surface area contributed by atoms with Crippen molar-refractivity contribution in [2.75, 3.05) is 14.2 Å². The van der Waals surface area contributed by atoms with Crippen molar-refractivity contribution in [2.45, 2.75) is 78.8 Å². The highest BCUT2D eigenvalue weighted by Crippen LogP contribution is 2.41. The smallest absolute Gasteiger partial charge is 0.305 e. The number of carbonyl (C=O) groups excluding carboxylic acids is 2. The van der Waals surface area contributed by atoms with Gasteiger partial charge in [0.05, 0.1) is 31.3 Å². The highest BCUT2D eigenvalue weighted by atomic mass is 32.1. The zero-order valence-corrected chi connectivity index (χ0v) is 29.4. The first-order chi connectivity index (χ1) is 19.6. The lowest BCUT2D eigenvalue weighted by Gasteiger charge is -2.14. The van der Waals surface area contributed by atoms with Gasteiger partial charge in [-0.3, -0.25) is 9.59 Å². The van der Waals surface area contributed by atoms with Gasteiger partial charge in [-0.1, -0.05) is 57.2 Å². The van der Waals surface area contributed by atoms with E-state index in [2.05, 4.69) is 80.2 Å². The van der Waals surface area contributed by atoms with Gasteiger partial charge in [-0.05, 0) is 60.4 Å². The Hall–Kier alpha value is -3.38. The number of aliphatic imine (C=N–C) groups is 1. The molecule has 6 nitrogen and oxygen atoms in total. The third-order valence-corrected chi connectivity index (χ3v) is 9.32. The number of carbonyl (C=O) groups is 2. The molecule has 42 heavy (non-hydrogen) atoms. The van der Waals surface area contributed by atoms with E-state index in [4.69, 9.17) is 14.5 Å². The Morgan fingerprint density at radius 2 is 1.52 bits per heavy atom. The number of rotatable bonds is 8. The summed E-state index contributed by atoms with van der Waals surface area (Å²) in [4.78, 5) is 34.3. The summed E-state index contributed by atoms with van der Waals surface area (Å²) in [5.41, 5.74) is 15.1. The molecule has 0 atom stereocenters. The monoisotopic (exact) mass is 618 g/mol. The van der Waals surface area contributed by atoms with Crippen LogP contribution in [0.5, 0.6) is 0 Å². The van der Waals surface area contributed by atoms with Crippen molar-refractivity contribution in [3.8, 4) is 22.9 Å². The summed E-state index contributed by atoms with van der Waals surface area (Å²) >= 11 is 1.62. The largest absolute Gasteiger partial charge is 0.469 e. The first-order valence-electron chi connectivity index (χ1n) is 14.1. The maximum absolute atomic E-state index is 12.2. The van der Waals surface area contributed by atoms with Crippen LogP contribution in [0.1, 0.15) is 53.6 Å². The lowest BCUT2D eigenvalue weighted by molar-refractivity contribution is -0.141. The second-order valence-electron chi connectivity index (χ2n) is 12.4. The van der Waals surface area contributed by atoms with Gasteiger partial charge in [-0.15, -0.1) is 22.4 Å². The summed E-state index contributed by atoms with van der Waals surface area (Å²) in [5.74, 6) is 6.25. The molecule has 0 fully saturated rings. The average molecular weight is 619 g/mol. The van der Waals surface area contributed by atoms with E-state index in [-0.39, 0.29) is 24.8 Å². The van der Waals surface area contributed by atoms with E-state index < -0.39 is 16.1 Å². The first kappa shape index (κ1) is 33.1. The number of allylic oxidation sites excluding steroid dienone is 2. The van der Waals surface area contributed by atoms with E-state index in [1.807, 2.05) is 18.4 Å². The lowest BCUT2D eigenvalue weighted by Crippen LogP contribution is -2.17. The Bertz CT molecular complexity index is 1570. The summed E-state index contributed by atoms with van der Waals surface area (Å²) in [7, 11) is -0.491. The second kappa shape index (κ2) is 13.7. The van der Waals surface area contributed by atoms with E-state index in [1.54, 1.807) is 11.3 Å². The molecule has 0 amide bonds. The van der Waals surface area contributed by atoms with Crippen molar-refractivity contribution in [2.24, 2.45) is 4.99 Å². The first-order valence-corrected chi connectivity index (χ1v) is 22.0. The number of methoxy groups -OCH3 is 2. The Morgan fingerprint density at radius 1 is 0.929 bits per heavy atom. The van der Waals surface area contributed by atoms with Crippen LogP contribution in [-0.2, 0) is 25.5 Å². The van der Waals surface area contributed by atoms with E-state index in [0.29, 0.717) is 12.8 Å². The standard InChI is InChI=1S/C33H42N2O4SSi2/c1-22-24(13-15-29(36)38-3)32(34-26(22)17-20-41(5,6)7)31(28-12-11-19-40-28)33-25(14-16-30(37)39-4)23(2)27(35-33)18-21-42(8,9)10/h11-12,19,34H,13-16H2,1-10H3/b33-31-. The molecular formula is C33H42N2O4SSi2. The zero-order chi connectivity index (χ0) is 31.2. The molecule has 0 aromatic carbocycles. The number of hydrogen-bond acceptors (Lipinski definition) is 6. The molecule has 1 aliphatic rings. The number of nitrogens with one attached hydrogen (secondary N) is 1. The Kier molecular flexibility index (Phi) is 10.8. The molecule has 0 spiro atoms. The third kappa shape index (κ3) is 8.57. The molecule has 2 aromatic rings. The van der Waals surface area contributed by atoms with Crippen LogP contribution in [0.15, 0.2) is 39.3 Å². The maximum Gasteiger partial charge on any atom is 0.305 e. The van der Waals surface area contributed by atoms with Crippen molar-refractivity contribution < 1.29 is 19.1 Å². The molecule has 0 aliphatic carbocycles. The number of thiophene rings is 1. The predicted octanol–water partition coefficient (Wildman–Crippen LogP) is 7.08. The number of nitrogens with zero attached hydrogens (tertiary/aromatic N) is 1. The minimum Gasteiger partial charge on any atom is -0.469 e. The Morgan fingerprint density at radius 3 is 2.07 bits per heavy atom. The molecular weight excluding hydrogens is 577 g/mol. The summed E-state index contributed by atoms with van der Waals surface area (Å²) in [6.45, 7) is 17.4. The van der Waals surface area contributed by atoms with E-state index in [0.717, 1.165) is 55.5 Å². The quantitative estimate of drug-likeness (QED) is 0.195. The van der Waals surface area contributed by atoms with Crippen LogP contribution >= 0.6 is 11.3 Å². The highest BCUT2D eigenvalue weighted by molar-refractivity contribution is 7.11. The number of H-pyrrole nitrogens is 1. The minimum absolute atomic E-state index is 0.237. The fraction of sp³-hybridized carbons (Fsp3) is 0.424. The van der Waals surface area contributed by atoms with Crippen molar-refractivity contribution in [3.05, 3.63) is 61.7 Å². The summed E-state index contributed by atoms with van der Waals surface area (Å²) in [5, 5.41) is 2.04. The van der Waals surface area contributed by atoms with Gasteiger partial charge < -0.3 is 14.5 Å². The Balaban J connectivity index is 2.38. The molecule has 222 valence electrons. The highest BCUT2D eigenvalue weighted by Gasteiger charge is 2.29. The lowest BCUT2D eigenvalue weighted by atomic mass is 9.93. The number of aromatic amines is 1. The van der Waals surface area contributed by atoms with Crippen molar-refractivity contribution >= 4 is 50.7 Å².